The van der Waals surface area contributed by atoms with Crippen LogP contribution < -0.4 is 5.73 Å². The average Bonchev–Trinajstić information content (AvgIpc) is 3.03. The minimum atomic E-state index is -0.454. The van der Waals surface area contributed by atoms with Crippen LogP contribution in [0.15, 0.2) is 5.38 Å². The van der Waals surface area contributed by atoms with Crippen LogP contribution in [0.1, 0.15) is 43.5 Å². The topological polar surface area (TPSA) is 77.7 Å². The van der Waals surface area contributed by atoms with E-state index in [9.17, 15) is 4.79 Å². The second-order valence-corrected chi connectivity index (χ2v) is 6.83. The van der Waals surface area contributed by atoms with Crippen molar-refractivity contribution in [3.8, 4) is 0 Å². The van der Waals surface area contributed by atoms with Crippen LogP contribution >= 0.6 is 36.2 Å². The summed E-state index contributed by atoms with van der Waals surface area (Å²) in [5.41, 5.74) is 7.04. The van der Waals surface area contributed by atoms with E-state index in [1.807, 2.05) is 19.2 Å². The Hall–Kier alpha value is -0.440. The molecule has 1 aromatic rings. The third kappa shape index (κ3) is 7.00. The van der Waals surface area contributed by atoms with Crippen LogP contribution in [0.2, 0.25) is 0 Å². The van der Waals surface area contributed by atoms with Gasteiger partial charge in [-0.25, -0.2) is 4.98 Å². The van der Waals surface area contributed by atoms with Gasteiger partial charge < -0.3 is 20.1 Å². The van der Waals surface area contributed by atoms with E-state index in [0.29, 0.717) is 26.4 Å². The molecule has 1 saturated heterocycles. The molecule has 1 aliphatic rings. The van der Waals surface area contributed by atoms with Crippen molar-refractivity contribution in [1.82, 2.24) is 9.88 Å². The second kappa shape index (κ2) is 12.0. The summed E-state index contributed by atoms with van der Waals surface area (Å²) in [6.45, 7) is 6.48. The summed E-state index contributed by atoms with van der Waals surface area (Å²) >= 11 is 1.57. The smallest absolute Gasteiger partial charge is 0.239 e. The molecule has 1 aliphatic heterocycles. The fraction of sp³-hybridized carbons (Fsp3) is 0.750. The van der Waals surface area contributed by atoms with E-state index in [4.69, 9.17) is 15.2 Å². The minimum Gasteiger partial charge on any atom is -0.381 e. The Morgan fingerprint density at radius 2 is 2.12 bits per heavy atom. The summed E-state index contributed by atoms with van der Waals surface area (Å²) in [7, 11) is 1.78. The highest BCUT2D eigenvalue weighted by Gasteiger charge is 2.28. The molecule has 0 aliphatic carbocycles. The van der Waals surface area contributed by atoms with E-state index in [0.717, 1.165) is 23.5 Å². The standard InChI is InChI=1S/C16H27N3O3S.2ClH/c1-4-22-11(2)15-18-13(10-23-15)9-19(3)16(20)14(17)12-5-7-21-8-6-12;;/h10-12,14H,4-9,17H2,1-3H3;2*1H. The molecule has 0 radical (unpaired) electrons. The first-order chi connectivity index (χ1) is 11.0. The lowest BCUT2D eigenvalue weighted by Crippen LogP contribution is -2.47. The van der Waals surface area contributed by atoms with Crippen LogP contribution in [0.25, 0.3) is 0 Å². The number of carbonyl (C=O) groups is 1. The van der Waals surface area contributed by atoms with E-state index in [1.54, 1.807) is 23.3 Å². The molecular formula is C16H29Cl2N3O3S. The van der Waals surface area contributed by atoms with Gasteiger partial charge >= 0.3 is 0 Å². The van der Waals surface area contributed by atoms with Crippen molar-refractivity contribution in [3.63, 3.8) is 0 Å². The molecule has 146 valence electrons. The summed E-state index contributed by atoms with van der Waals surface area (Å²) in [6, 6.07) is -0.454. The summed E-state index contributed by atoms with van der Waals surface area (Å²) in [6.07, 6.45) is 1.70. The van der Waals surface area contributed by atoms with Crippen molar-refractivity contribution in [2.75, 3.05) is 26.9 Å². The summed E-state index contributed by atoms with van der Waals surface area (Å²) in [5, 5.41) is 2.92. The van der Waals surface area contributed by atoms with E-state index in [-0.39, 0.29) is 42.7 Å². The van der Waals surface area contributed by atoms with Crippen molar-refractivity contribution >= 4 is 42.1 Å². The maximum atomic E-state index is 12.5. The first kappa shape index (κ1) is 24.6. The monoisotopic (exact) mass is 413 g/mol. The maximum Gasteiger partial charge on any atom is 0.239 e. The normalized spacial score (nSPS) is 17.1. The number of rotatable bonds is 7. The quantitative estimate of drug-likeness (QED) is 0.743. The van der Waals surface area contributed by atoms with Gasteiger partial charge in [0.2, 0.25) is 5.91 Å². The number of nitrogens with two attached hydrogens (primary N) is 1. The summed E-state index contributed by atoms with van der Waals surface area (Å²) in [5.74, 6) is 0.187. The molecule has 2 unspecified atom stereocenters. The lowest BCUT2D eigenvalue weighted by molar-refractivity contribution is -0.134. The molecule has 2 heterocycles. The molecule has 1 fully saturated rings. The highest BCUT2D eigenvalue weighted by Crippen LogP contribution is 2.22. The van der Waals surface area contributed by atoms with Crippen LogP contribution in [0.5, 0.6) is 0 Å². The third-order valence-electron chi connectivity index (χ3n) is 4.17. The van der Waals surface area contributed by atoms with Gasteiger partial charge in [0.25, 0.3) is 0 Å². The molecule has 0 bridgehead atoms. The zero-order chi connectivity index (χ0) is 16.8. The van der Waals surface area contributed by atoms with Crippen molar-refractivity contribution in [2.45, 2.75) is 45.4 Å². The van der Waals surface area contributed by atoms with Crippen LogP contribution in [0.3, 0.4) is 0 Å². The average molecular weight is 414 g/mol. The number of ether oxygens (including phenoxy) is 2. The zero-order valence-electron chi connectivity index (χ0n) is 15.0. The first-order valence-corrected chi connectivity index (χ1v) is 9.05. The summed E-state index contributed by atoms with van der Waals surface area (Å²) < 4.78 is 10.9. The molecule has 0 aromatic carbocycles. The SMILES string of the molecule is CCOC(C)c1nc(CN(C)C(=O)C(N)C2CCOCC2)cs1.Cl.Cl. The number of aromatic nitrogens is 1. The van der Waals surface area contributed by atoms with Crippen LogP contribution in [0, 0.1) is 5.92 Å². The van der Waals surface area contributed by atoms with Crippen molar-refractivity contribution < 1.29 is 14.3 Å². The molecule has 2 N–H and O–H groups in total. The van der Waals surface area contributed by atoms with Crippen molar-refractivity contribution in [2.24, 2.45) is 11.7 Å². The number of likely N-dealkylation sites (N-methyl/N-ethyl adjacent to an activating group) is 1. The minimum absolute atomic E-state index is 0. The number of hydrogen-bond donors (Lipinski definition) is 1. The number of thiazole rings is 1. The van der Waals surface area contributed by atoms with Crippen molar-refractivity contribution in [1.29, 1.82) is 0 Å². The van der Waals surface area contributed by atoms with Gasteiger partial charge in [-0.05, 0) is 32.6 Å². The van der Waals surface area contributed by atoms with Gasteiger partial charge in [0.1, 0.15) is 11.1 Å². The Morgan fingerprint density at radius 1 is 1.48 bits per heavy atom. The molecule has 1 aromatic heterocycles. The molecular weight excluding hydrogens is 385 g/mol. The fourth-order valence-electron chi connectivity index (χ4n) is 2.76. The van der Waals surface area contributed by atoms with E-state index in [2.05, 4.69) is 4.98 Å². The third-order valence-corrected chi connectivity index (χ3v) is 5.22. The Labute approximate surface area is 166 Å². The van der Waals surface area contributed by atoms with Crippen LogP contribution in [-0.2, 0) is 20.8 Å². The number of carbonyl (C=O) groups excluding carboxylic acids is 1. The van der Waals surface area contributed by atoms with Gasteiger partial charge in [0.15, 0.2) is 0 Å². The maximum absolute atomic E-state index is 12.5. The van der Waals surface area contributed by atoms with Gasteiger partial charge in [-0.3, -0.25) is 4.79 Å². The van der Waals surface area contributed by atoms with E-state index < -0.39 is 6.04 Å². The lowest BCUT2D eigenvalue weighted by Gasteiger charge is -2.29. The molecule has 9 heteroatoms. The van der Waals surface area contributed by atoms with Gasteiger partial charge in [-0.15, -0.1) is 36.2 Å². The van der Waals surface area contributed by atoms with E-state index in [1.165, 1.54) is 0 Å². The highest BCUT2D eigenvalue weighted by molar-refractivity contribution is 7.09. The second-order valence-electron chi connectivity index (χ2n) is 5.94. The Morgan fingerprint density at radius 3 is 2.72 bits per heavy atom. The molecule has 2 atom stereocenters. The molecule has 0 saturated carbocycles. The van der Waals surface area contributed by atoms with Gasteiger partial charge in [0.05, 0.1) is 18.3 Å². The van der Waals surface area contributed by atoms with Gasteiger partial charge in [0, 0.05) is 32.2 Å². The Bertz CT molecular complexity index is 513. The molecule has 2 rings (SSSR count). The Kier molecular flexibility index (Phi) is 11.8. The predicted molar refractivity (Wildman–Crippen MR) is 105 cm³/mol. The van der Waals surface area contributed by atoms with E-state index >= 15 is 0 Å². The molecule has 25 heavy (non-hydrogen) atoms. The van der Waals surface area contributed by atoms with Gasteiger partial charge in [-0.2, -0.15) is 0 Å². The summed E-state index contributed by atoms with van der Waals surface area (Å²) in [4.78, 5) is 18.7. The Balaban J connectivity index is 0.00000288. The van der Waals surface area contributed by atoms with Gasteiger partial charge in [-0.1, -0.05) is 0 Å². The van der Waals surface area contributed by atoms with Crippen LogP contribution in [0.4, 0.5) is 0 Å². The highest BCUT2D eigenvalue weighted by atomic mass is 35.5. The zero-order valence-corrected chi connectivity index (χ0v) is 17.4. The number of amides is 1. The fourth-order valence-corrected chi connectivity index (χ4v) is 3.57. The van der Waals surface area contributed by atoms with Crippen molar-refractivity contribution in [3.05, 3.63) is 16.1 Å². The molecule has 1 amide bonds. The van der Waals surface area contributed by atoms with Crippen LogP contribution in [-0.4, -0.2) is 48.7 Å². The first-order valence-electron chi connectivity index (χ1n) is 8.17. The number of hydrogen-bond acceptors (Lipinski definition) is 6. The number of nitrogens with zero attached hydrogens (tertiary/aromatic N) is 2. The largest absolute Gasteiger partial charge is 0.381 e. The molecule has 0 spiro atoms. The number of halogens is 2. The lowest BCUT2D eigenvalue weighted by atomic mass is 9.91. The molecule has 6 nitrogen and oxygen atoms in total. The predicted octanol–water partition coefficient (Wildman–Crippen LogP) is 2.80.